The van der Waals surface area contributed by atoms with Gasteiger partial charge in [0.1, 0.15) is 12.1 Å². The second-order valence-electron chi connectivity index (χ2n) is 5.07. The fourth-order valence-electron chi connectivity index (χ4n) is 2.79. The van der Waals surface area contributed by atoms with Gasteiger partial charge in [-0.15, -0.1) is 0 Å². The molecule has 2 aromatic heterocycles. The van der Waals surface area contributed by atoms with E-state index in [4.69, 9.17) is 0 Å². The van der Waals surface area contributed by atoms with E-state index in [1.54, 1.807) is 6.33 Å². The summed E-state index contributed by atoms with van der Waals surface area (Å²) in [6, 6.07) is 0. The zero-order chi connectivity index (χ0) is 12.5. The highest BCUT2D eigenvalue weighted by Crippen LogP contribution is 2.27. The van der Waals surface area contributed by atoms with Gasteiger partial charge < -0.3 is 4.90 Å². The van der Waals surface area contributed by atoms with Crippen molar-refractivity contribution >= 4 is 16.9 Å². The Labute approximate surface area is 107 Å². The van der Waals surface area contributed by atoms with Crippen LogP contribution in [0.2, 0.25) is 0 Å². The molecule has 0 aliphatic carbocycles. The minimum absolute atomic E-state index is 0.792. The number of piperidine rings is 1. The monoisotopic (exact) mass is 245 g/mol. The van der Waals surface area contributed by atoms with Gasteiger partial charge in [0.15, 0.2) is 5.65 Å². The van der Waals surface area contributed by atoms with E-state index in [0.29, 0.717) is 0 Å². The smallest absolute Gasteiger partial charge is 0.163 e. The lowest BCUT2D eigenvalue weighted by atomic mass is 9.95. The molecule has 1 atom stereocenters. The summed E-state index contributed by atoms with van der Waals surface area (Å²) in [5.41, 5.74) is 0.915. The summed E-state index contributed by atoms with van der Waals surface area (Å²) in [5.74, 6) is 1.84. The standard InChI is InChI=1S/C13H19N5/c1-3-10-5-4-6-18(8-10)13-11-7-16-17(2)12(11)14-9-15-13/h7,9-10H,3-6,8H2,1-2H3/t10-/m0/s1. The number of nitrogens with zero attached hydrogens (tertiary/aromatic N) is 5. The molecule has 2 aromatic rings. The Kier molecular flexibility index (Phi) is 2.89. The van der Waals surface area contributed by atoms with Gasteiger partial charge in [-0.05, 0) is 18.8 Å². The molecule has 0 aromatic carbocycles. The summed E-state index contributed by atoms with van der Waals surface area (Å²) in [6.07, 6.45) is 7.37. The van der Waals surface area contributed by atoms with E-state index in [2.05, 4.69) is 26.9 Å². The van der Waals surface area contributed by atoms with Crippen molar-refractivity contribution in [1.82, 2.24) is 19.7 Å². The largest absolute Gasteiger partial charge is 0.356 e. The van der Waals surface area contributed by atoms with Crippen molar-refractivity contribution in [3.8, 4) is 0 Å². The minimum atomic E-state index is 0.792. The molecule has 3 heterocycles. The molecule has 0 saturated carbocycles. The summed E-state index contributed by atoms with van der Waals surface area (Å²) < 4.78 is 1.81. The van der Waals surface area contributed by atoms with Crippen molar-refractivity contribution in [1.29, 1.82) is 0 Å². The maximum absolute atomic E-state index is 4.47. The molecule has 0 N–H and O–H groups in total. The lowest BCUT2D eigenvalue weighted by Gasteiger charge is -2.33. The van der Waals surface area contributed by atoms with Crippen LogP contribution in [0.5, 0.6) is 0 Å². The van der Waals surface area contributed by atoms with E-state index < -0.39 is 0 Å². The van der Waals surface area contributed by atoms with Gasteiger partial charge in [0.25, 0.3) is 0 Å². The lowest BCUT2D eigenvalue weighted by molar-refractivity contribution is 0.403. The van der Waals surface area contributed by atoms with Crippen LogP contribution in [0.3, 0.4) is 0 Å². The lowest BCUT2D eigenvalue weighted by Crippen LogP contribution is -2.35. The van der Waals surface area contributed by atoms with Crippen LogP contribution in [0.4, 0.5) is 5.82 Å². The molecule has 1 aliphatic rings. The molecule has 96 valence electrons. The van der Waals surface area contributed by atoms with Gasteiger partial charge in [-0.25, -0.2) is 9.97 Å². The first-order valence-electron chi connectivity index (χ1n) is 6.67. The van der Waals surface area contributed by atoms with Crippen molar-refractivity contribution in [2.75, 3.05) is 18.0 Å². The van der Waals surface area contributed by atoms with Crippen LogP contribution in [0, 0.1) is 5.92 Å². The molecular weight excluding hydrogens is 226 g/mol. The summed E-state index contributed by atoms with van der Waals surface area (Å²) in [6.45, 7) is 4.48. The molecule has 0 amide bonds. The molecular formula is C13H19N5. The number of hydrogen-bond donors (Lipinski definition) is 0. The molecule has 1 saturated heterocycles. The van der Waals surface area contributed by atoms with Crippen molar-refractivity contribution < 1.29 is 0 Å². The first kappa shape index (κ1) is 11.4. The van der Waals surface area contributed by atoms with E-state index in [0.717, 1.165) is 35.9 Å². The van der Waals surface area contributed by atoms with E-state index in [9.17, 15) is 0 Å². The minimum Gasteiger partial charge on any atom is -0.356 e. The van der Waals surface area contributed by atoms with E-state index in [1.165, 1.54) is 19.3 Å². The molecule has 5 heteroatoms. The first-order chi connectivity index (χ1) is 8.79. The van der Waals surface area contributed by atoms with Crippen LogP contribution in [0.15, 0.2) is 12.5 Å². The van der Waals surface area contributed by atoms with Gasteiger partial charge in [-0.2, -0.15) is 5.10 Å². The number of aryl methyl sites for hydroxylation is 1. The van der Waals surface area contributed by atoms with Crippen molar-refractivity contribution in [2.45, 2.75) is 26.2 Å². The van der Waals surface area contributed by atoms with Gasteiger partial charge in [0.05, 0.1) is 11.6 Å². The van der Waals surface area contributed by atoms with Crippen molar-refractivity contribution in [2.24, 2.45) is 13.0 Å². The van der Waals surface area contributed by atoms with E-state index >= 15 is 0 Å². The van der Waals surface area contributed by atoms with Crippen LogP contribution in [-0.4, -0.2) is 32.8 Å². The second-order valence-corrected chi connectivity index (χ2v) is 5.07. The molecule has 0 unspecified atom stereocenters. The second kappa shape index (κ2) is 4.55. The SMILES string of the molecule is CC[C@H]1CCCN(c2ncnc3c2cnn3C)C1. The zero-order valence-electron chi connectivity index (χ0n) is 11.0. The van der Waals surface area contributed by atoms with E-state index in [1.807, 2.05) is 17.9 Å². The average molecular weight is 245 g/mol. The molecule has 0 spiro atoms. The summed E-state index contributed by atoms with van der Waals surface area (Å²) in [4.78, 5) is 11.2. The Morgan fingerprint density at radius 2 is 2.28 bits per heavy atom. The third-order valence-electron chi connectivity index (χ3n) is 3.90. The molecule has 18 heavy (non-hydrogen) atoms. The summed E-state index contributed by atoms with van der Waals surface area (Å²) in [5, 5.41) is 5.34. The number of hydrogen-bond acceptors (Lipinski definition) is 4. The highest BCUT2D eigenvalue weighted by Gasteiger charge is 2.21. The Morgan fingerprint density at radius 1 is 1.39 bits per heavy atom. The van der Waals surface area contributed by atoms with Crippen LogP contribution in [0.25, 0.3) is 11.0 Å². The molecule has 5 nitrogen and oxygen atoms in total. The van der Waals surface area contributed by atoms with Gasteiger partial charge in [-0.3, -0.25) is 4.68 Å². The summed E-state index contributed by atoms with van der Waals surface area (Å²) in [7, 11) is 1.92. The predicted octanol–water partition coefficient (Wildman–Crippen LogP) is 1.99. The van der Waals surface area contributed by atoms with E-state index in [-0.39, 0.29) is 0 Å². The fourth-order valence-corrected chi connectivity index (χ4v) is 2.79. The molecule has 3 rings (SSSR count). The third-order valence-corrected chi connectivity index (χ3v) is 3.90. The van der Waals surface area contributed by atoms with Crippen LogP contribution in [-0.2, 0) is 7.05 Å². The van der Waals surface area contributed by atoms with Crippen LogP contribution < -0.4 is 4.90 Å². The highest BCUT2D eigenvalue weighted by atomic mass is 15.3. The third kappa shape index (κ3) is 1.83. The van der Waals surface area contributed by atoms with Crippen molar-refractivity contribution in [3.63, 3.8) is 0 Å². The Morgan fingerprint density at radius 3 is 3.11 bits per heavy atom. The maximum atomic E-state index is 4.47. The van der Waals surface area contributed by atoms with Gasteiger partial charge in [-0.1, -0.05) is 13.3 Å². The van der Waals surface area contributed by atoms with Gasteiger partial charge in [0, 0.05) is 20.1 Å². The molecule has 0 radical (unpaired) electrons. The van der Waals surface area contributed by atoms with Crippen LogP contribution >= 0.6 is 0 Å². The average Bonchev–Trinajstić information content (AvgIpc) is 2.81. The van der Waals surface area contributed by atoms with Crippen LogP contribution in [0.1, 0.15) is 26.2 Å². The zero-order valence-corrected chi connectivity index (χ0v) is 11.0. The highest BCUT2D eigenvalue weighted by molar-refractivity contribution is 5.86. The molecule has 1 fully saturated rings. The number of rotatable bonds is 2. The normalized spacial score (nSPS) is 20.6. The topological polar surface area (TPSA) is 46.8 Å². The Hall–Kier alpha value is -1.65. The molecule has 0 bridgehead atoms. The molecule has 1 aliphatic heterocycles. The van der Waals surface area contributed by atoms with Gasteiger partial charge >= 0.3 is 0 Å². The first-order valence-corrected chi connectivity index (χ1v) is 6.67. The fraction of sp³-hybridized carbons (Fsp3) is 0.615. The number of anilines is 1. The Bertz CT molecular complexity index is 547. The number of aromatic nitrogens is 4. The summed E-state index contributed by atoms with van der Waals surface area (Å²) >= 11 is 0. The quantitative estimate of drug-likeness (QED) is 0.811. The number of fused-ring (bicyclic) bond motifs is 1. The Balaban J connectivity index is 1.98. The maximum Gasteiger partial charge on any atom is 0.163 e. The van der Waals surface area contributed by atoms with Crippen molar-refractivity contribution in [3.05, 3.63) is 12.5 Å². The van der Waals surface area contributed by atoms with Gasteiger partial charge in [0.2, 0.25) is 0 Å². The predicted molar refractivity (Wildman–Crippen MR) is 71.5 cm³/mol.